The highest BCUT2D eigenvalue weighted by Gasteiger charge is 2.47. The molecule has 0 bridgehead atoms. The summed E-state index contributed by atoms with van der Waals surface area (Å²) in [5.41, 5.74) is -0.191. The molecule has 0 saturated carbocycles. The van der Waals surface area contributed by atoms with E-state index in [1.54, 1.807) is 24.3 Å². The molecule has 0 fully saturated rings. The lowest BCUT2D eigenvalue weighted by molar-refractivity contribution is -0.129. The molecule has 1 aromatic carbocycles. The molecule has 1 aliphatic rings. The van der Waals surface area contributed by atoms with Gasteiger partial charge in [-0.25, -0.2) is 9.97 Å². The molecule has 1 amide bonds. The smallest absolute Gasteiger partial charge is 0.265 e. The van der Waals surface area contributed by atoms with Crippen LogP contribution in [0.5, 0.6) is 0 Å². The second-order valence-electron chi connectivity index (χ2n) is 3.84. The van der Waals surface area contributed by atoms with Gasteiger partial charge in [0.05, 0.1) is 0 Å². The van der Waals surface area contributed by atoms with E-state index < -0.39 is 11.5 Å². The van der Waals surface area contributed by atoms with E-state index in [0.717, 1.165) is 0 Å². The minimum atomic E-state index is -1.70. The second-order valence-corrected chi connectivity index (χ2v) is 3.84. The fourth-order valence-electron chi connectivity index (χ4n) is 2.02. The van der Waals surface area contributed by atoms with Crippen LogP contribution in [-0.2, 0) is 10.4 Å². The van der Waals surface area contributed by atoms with Crippen LogP contribution in [0.2, 0.25) is 0 Å². The van der Waals surface area contributed by atoms with Crippen LogP contribution in [0.1, 0.15) is 11.1 Å². The first-order chi connectivity index (χ1) is 8.23. The van der Waals surface area contributed by atoms with Crippen molar-refractivity contribution in [1.82, 2.24) is 9.97 Å². The summed E-state index contributed by atoms with van der Waals surface area (Å²) < 4.78 is 0. The van der Waals surface area contributed by atoms with Crippen molar-refractivity contribution in [2.75, 3.05) is 5.32 Å². The van der Waals surface area contributed by atoms with Crippen LogP contribution in [0.4, 0.5) is 5.69 Å². The van der Waals surface area contributed by atoms with Gasteiger partial charge in [-0.1, -0.05) is 18.2 Å². The van der Waals surface area contributed by atoms with E-state index >= 15 is 0 Å². The van der Waals surface area contributed by atoms with Crippen molar-refractivity contribution >= 4 is 11.6 Å². The third kappa shape index (κ3) is 1.26. The molecule has 1 aliphatic heterocycles. The lowest BCUT2D eigenvalue weighted by Crippen LogP contribution is -2.35. The number of para-hydroxylation sites is 1. The van der Waals surface area contributed by atoms with Gasteiger partial charge in [0.25, 0.3) is 5.91 Å². The van der Waals surface area contributed by atoms with Gasteiger partial charge in [-0.15, -0.1) is 0 Å². The van der Waals surface area contributed by atoms with Crippen molar-refractivity contribution in [3.63, 3.8) is 0 Å². The van der Waals surface area contributed by atoms with Gasteiger partial charge < -0.3 is 10.4 Å². The Bertz CT molecular complexity index is 585. The molecule has 1 aromatic heterocycles. The number of rotatable bonds is 1. The van der Waals surface area contributed by atoms with E-state index in [4.69, 9.17) is 0 Å². The van der Waals surface area contributed by atoms with Gasteiger partial charge >= 0.3 is 0 Å². The standard InChI is InChI=1S/C12H9N3O2/c16-11-12(17,8-5-13-7-14-6-8)9-3-1-2-4-10(9)15-11/h1-7,17H,(H,15,16). The summed E-state index contributed by atoms with van der Waals surface area (Å²) in [4.78, 5) is 19.6. The third-order valence-corrected chi connectivity index (χ3v) is 2.87. The first kappa shape index (κ1) is 9.92. The maximum Gasteiger partial charge on any atom is 0.265 e. The van der Waals surface area contributed by atoms with E-state index in [2.05, 4.69) is 15.3 Å². The van der Waals surface area contributed by atoms with Crippen LogP contribution in [0, 0.1) is 0 Å². The van der Waals surface area contributed by atoms with Crippen molar-refractivity contribution < 1.29 is 9.90 Å². The normalized spacial score (nSPS) is 22.1. The molecule has 0 spiro atoms. The maximum atomic E-state index is 11.9. The molecule has 2 heterocycles. The van der Waals surface area contributed by atoms with E-state index in [9.17, 15) is 9.90 Å². The summed E-state index contributed by atoms with van der Waals surface area (Å²) >= 11 is 0. The molecule has 2 N–H and O–H groups in total. The second kappa shape index (κ2) is 3.36. The maximum absolute atomic E-state index is 11.9. The van der Waals surface area contributed by atoms with Gasteiger partial charge in [-0.2, -0.15) is 0 Å². The van der Waals surface area contributed by atoms with E-state index in [1.165, 1.54) is 18.7 Å². The van der Waals surface area contributed by atoms with Crippen molar-refractivity contribution in [3.05, 3.63) is 54.1 Å². The zero-order valence-corrected chi connectivity index (χ0v) is 8.79. The molecule has 0 aliphatic carbocycles. The first-order valence-electron chi connectivity index (χ1n) is 5.12. The van der Waals surface area contributed by atoms with Crippen molar-refractivity contribution in [2.24, 2.45) is 0 Å². The molecule has 84 valence electrons. The number of hydrogen-bond acceptors (Lipinski definition) is 4. The Morgan fingerprint density at radius 1 is 1.18 bits per heavy atom. The minimum Gasteiger partial charge on any atom is -0.372 e. The summed E-state index contributed by atoms with van der Waals surface area (Å²) in [7, 11) is 0. The van der Waals surface area contributed by atoms with Crippen LogP contribution in [0.15, 0.2) is 43.0 Å². The van der Waals surface area contributed by atoms with Crippen LogP contribution in [0.25, 0.3) is 0 Å². The molecular weight excluding hydrogens is 218 g/mol. The largest absolute Gasteiger partial charge is 0.372 e. The number of aliphatic hydroxyl groups is 1. The lowest BCUT2D eigenvalue weighted by atomic mass is 9.89. The monoisotopic (exact) mass is 227 g/mol. The van der Waals surface area contributed by atoms with Gasteiger partial charge in [0.1, 0.15) is 6.33 Å². The van der Waals surface area contributed by atoms with Gasteiger partial charge in [0, 0.05) is 29.2 Å². The van der Waals surface area contributed by atoms with Crippen molar-refractivity contribution in [3.8, 4) is 0 Å². The average Bonchev–Trinajstić information content (AvgIpc) is 2.64. The lowest BCUT2D eigenvalue weighted by Gasteiger charge is -2.20. The molecule has 0 radical (unpaired) electrons. The Hall–Kier alpha value is -2.27. The quantitative estimate of drug-likeness (QED) is 0.750. The summed E-state index contributed by atoms with van der Waals surface area (Å²) in [5.74, 6) is -0.478. The predicted molar refractivity (Wildman–Crippen MR) is 60.1 cm³/mol. The Balaban J connectivity index is 2.24. The van der Waals surface area contributed by atoms with Crippen LogP contribution in [0.3, 0.4) is 0 Å². The molecule has 3 rings (SSSR count). The number of nitrogens with zero attached hydrogens (tertiary/aromatic N) is 2. The molecule has 2 aromatic rings. The number of benzene rings is 1. The summed E-state index contributed by atoms with van der Waals surface area (Å²) in [5, 5.41) is 13.2. The number of aromatic nitrogens is 2. The first-order valence-corrected chi connectivity index (χ1v) is 5.12. The van der Waals surface area contributed by atoms with Gasteiger partial charge in [0.2, 0.25) is 0 Å². The van der Waals surface area contributed by atoms with E-state index in [0.29, 0.717) is 16.8 Å². The van der Waals surface area contributed by atoms with Gasteiger partial charge in [-0.3, -0.25) is 4.79 Å². The fourth-order valence-corrected chi connectivity index (χ4v) is 2.02. The topological polar surface area (TPSA) is 75.1 Å². The molecule has 5 heteroatoms. The van der Waals surface area contributed by atoms with Gasteiger partial charge in [0.15, 0.2) is 5.60 Å². The predicted octanol–water partition coefficient (Wildman–Crippen LogP) is 0.665. The molecule has 0 saturated heterocycles. The summed E-state index contributed by atoms with van der Waals surface area (Å²) in [6.07, 6.45) is 4.23. The Kier molecular flexibility index (Phi) is 1.96. The summed E-state index contributed by atoms with van der Waals surface area (Å²) in [6.45, 7) is 0. The third-order valence-electron chi connectivity index (χ3n) is 2.87. The van der Waals surface area contributed by atoms with Gasteiger partial charge in [-0.05, 0) is 6.07 Å². The molecule has 5 nitrogen and oxygen atoms in total. The number of nitrogens with one attached hydrogen (secondary N) is 1. The number of fused-ring (bicyclic) bond motifs is 1. The number of carbonyl (C=O) groups excluding carboxylic acids is 1. The van der Waals surface area contributed by atoms with Crippen molar-refractivity contribution in [2.45, 2.75) is 5.60 Å². The number of hydrogen-bond donors (Lipinski definition) is 2. The number of carbonyl (C=O) groups is 1. The zero-order valence-electron chi connectivity index (χ0n) is 8.79. The molecule has 1 atom stereocenters. The number of anilines is 1. The van der Waals surface area contributed by atoms with Crippen molar-refractivity contribution in [1.29, 1.82) is 0 Å². The Morgan fingerprint density at radius 2 is 1.88 bits per heavy atom. The summed E-state index contributed by atoms with van der Waals surface area (Å²) in [6, 6.07) is 7.02. The van der Waals surface area contributed by atoms with E-state index in [-0.39, 0.29) is 0 Å². The SMILES string of the molecule is O=C1Nc2ccccc2C1(O)c1cncnc1. The Morgan fingerprint density at radius 3 is 2.65 bits per heavy atom. The highest BCUT2D eigenvalue weighted by atomic mass is 16.3. The van der Waals surface area contributed by atoms with E-state index in [1.807, 2.05) is 0 Å². The fraction of sp³-hybridized carbons (Fsp3) is 0.0833. The number of amides is 1. The molecule has 1 unspecified atom stereocenters. The minimum absolute atomic E-state index is 0.363. The highest BCUT2D eigenvalue weighted by molar-refractivity contribution is 6.07. The molecule has 17 heavy (non-hydrogen) atoms. The Labute approximate surface area is 97.2 Å². The van der Waals surface area contributed by atoms with Crippen LogP contribution in [-0.4, -0.2) is 21.0 Å². The van der Waals surface area contributed by atoms with Crippen LogP contribution >= 0.6 is 0 Å². The zero-order chi connectivity index (χ0) is 11.9. The average molecular weight is 227 g/mol. The molecular formula is C12H9N3O2. The van der Waals surface area contributed by atoms with Crippen LogP contribution < -0.4 is 5.32 Å². The highest BCUT2D eigenvalue weighted by Crippen LogP contribution is 2.39.